The number of amides is 1. The molecule has 0 atom stereocenters. The van der Waals surface area contributed by atoms with E-state index in [1.54, 1.807) is 0 Å². The molecule has 2 aromatic carbocycles. The van der Waals surface area contributed by atoms with E-state index in [9.17, 15) is 4.79 Å². The normalized spacial score (nSPS) is 14.1. The highest BCUT2D eigenvalue weighted by atomic mass is 35.5. The number of halogens is 1. The molecule has 0 N–H and O–H groups in total. The Morgan fingerprint density at radius 2 is 1.83 bits per heavy atom. The first-order valence-electron chi connectivity index (χ1n) is 9.95. The van der Waals surface area contributed by atoms with Crippen LogP contribution in [0.1, 0.15) is 25.9 Å². The molecule has 0 aliphatic carbocycles. The fourth-order valence-corrected chi connectivity index (χ4v) is 4.61. The minimum absolute atomic E-state index is 0.0531. The van der Waals surface area contributed by atoms with Crippen LogP contribution in [0.25, 0.3) is 0 Å². The molecule has 0 spiro atoms. The molecule has 1 saturated heterocycles. The Labute approximate surface area is 185 Å². The molecule has 156 valence electrons. The lowest BCUT2D eigenvalue weighted by Gasteiger charge is -2.36. The summed E-state index contributed by atoms with van der Waals surface area (Å²) in [6.45, 7) is 7.23. The van der Waals surface area contributed by atoms with Gasteiger partial charge in [0, 0.05) is 36.9 Å². The summed E-state index contributed by atoms with van der Waals surface area (Å²) in [6.07, 6.45) is 0. The van der Waals surface area contributed by atoms with Gasteiger partial charge in [0.25, 0.3) is 5.91 Å². The Hall–Kier alpha value is -2.57. The van der Waals surface area contributed by atoms with Crippen molar-refractivity contribution in [3.63, 3.8) is 0 Å². The van der Waals surface area contributed by atoms with Crippen LogP contribution >= 0.6 is 22.9 Å². The minimum Gasteiger partial charge on any atom is -0.486 e. The van der Waals surface area contributed by atoms with Crippen molar-refractivity contribution in [2.24, 2.45) is 0 Å². The van der Waals surface area contributed by atoms with Crippen LogP contribution in [0.2, 0.25) is 5.02 Å². The lowest BCUT2D eigenvalue weighted by Crippen LogP contribution is -2.48. The number of piperazine rings is 1. The molecule has 1 amide bonds. The third kappa shape index (κ3) is 4.77. The van der Waals surface area contributed by atoms with Gasteiger partial charge in [0.2, 0.25) is 0 Å². The van der Waals surface area contributed by atoms with Crippen molar-refractivity contribution in [1.82, 2.24) is 9.88 Å². The fraction of sp³-hybridized carbons (Fsp3) is 0.304. The summed E-state index contributed by atoms with van der Waals surface area (Å²) in [6, 6.07) is 15.8. The van der Waals surface area contributed by atoms with E-state index in [0.29, 0.717) is 24.6 Å². The first kappa shape index (κ1) is 20.7. The minimum atomic E-state index is 0.0531. The van der Waals surface area contributed by atoms with Crippen molar-refractivity contribution in [2.45, 2.75) is 20.5 Å². The maximum atomic E-state index is 13.1. The number of hydrogen-bond acceptors (Lipinski definition) is 5. The molecule has 7 heteroatoms. The van der Waals surface area contributed by atoms with Gasteiger partial charge in [-0.25, -0.2) is 4.98 Å². The summed E-state index contributed by atoms with van der Waals surface area (Å²) in [7, 11) is 0. The van der Waals surface area contributed by atoms with E-state index >= 15 is 0 Å². The van der Waals surface area contributed by atoms with Gasteiger partial charge < -0.3 is 14.5 Å². The average molecular weight is 442 g/mol. The van der Waals surface area contributed by atoms with E-state index in [0.717, 1.165) is 40.3 Å². The highest BCUT2D eigenvalue weighted by Gasteiger charge is 2.25. The highest BCUT2D eigenvalue weighted by Crippen LogP contribution is 2.24. The van der Waals surface area contributed by atoms with E-state index in [1.807, 2.05) is 61.2 Å². The molecule has 1 aromatic heterocycles. The molecule has 1 fully saturated rings. The monoisotopic (exact) mass is 441 g/mol. The van der Waals surface area contributed by atoms with Gasteiger partial charge >= 0.3 is 0 Å². The number of rotatable bonds is 5. The number of aromatic nitrogens is 1. The van der Waals surface area contributed by atoms with Gasteiger partial charge in [-0.3, -0.25) is 4.79 Å². The Bertz CT molecular complexity index is 1030. The van der Waals surface area contributed by atoms with Crippen LogP contribution in [-0.4, -0.2) is 42.0 Å². The van der Waals surface area contributed by atoms with Crippen molar-refractivity contribution in [3.8, 4) is 5.75 Å². The molecule has 0 saturated carbocycles. The Morgan fingerprint density at radius 3 is 2.53 bits per heavy atom. The van der Waals surface area contributed by atoms with Crippen LogP contribution in [-0.2, 0) is 6.61 Å². The number of carbonyl (C=O) groups excluding carboxylic acids is 1. The summed E-state index contributed by atoms with van der Waals surface area (Å²) < 4.78 is 5.82. The third-order valence-electron chi connectivity index (χ3n) is 5.16. The number of anilines is 1. The van der Waals surface area contributed by atoms with Gasteiger partial charge in [-0.1, -0.05) is 35.4 Å². The van der Waals surface area contributed by atoms with Crippen molar-refractivity contribution in [1.29, 1.82) is 0 Å². The highest BCUT2D eigenvalue weighted by molar-refractivity contribution is 7.13. The van der Waals surface area contributed by atoms with Gasteiger partial charge in [0.15, 0.2) is 0 Å². The Kier molecular flexibility index (Phi) is 6.25. The second kappa shape index (κ2) is 9.06. The summed E-state index contributed by atoms with van der Waals surface area (Å²) in [5.41, 5.74) is 3.06. The number of carbonyl (C=O) groups is 1. The van der Waals surface area contributed by atoms with E-state index < -0.39 is 0 Å². The largest absolute Gasteiger partial charge is 0.486 e. The van der Waals surface area contributed by atoms with Crippen molar-refractivity contribution >= 4 is 34.5 Å². The first-order chi connectivity index (χ1) is 14.5. The third-order valence-corrected chi connectivity index (χ3v) is 6.51. The van der Waals surface area contributed by atoms with Crippen LogP contribution in [0.3, 0.4) is 0 Å². The molecule has 4 rings (SSSR count). The van der Waals surface area contributed by atoms with E-state index in [4.69, 9.17) is 16.3 Å². The summed E-state index contributed by atoms with van der Waals surface area (Å²) in [5, 5.41) is 1.54. The standard InChI is InChI=1S/C23H24ClN3O2S/c1-16-6-8-20(9-7-16)29-15-21-25-17(2)22(30-21)23(28)27-12-10-26(11-13-27)19-5-3-4-18(24)14-19/h3-9,14H,10-13,15H2,1-2H3. The smallest absolute Gasteiger partial charge is 0.265 e. The zero-order valence-electron chi connectivity index (χ0n) is 17.1. The lowest BCUT2D eigenvalue weighted by molar-refractivity contribution is 0.0750. The second-order valence-corrected chi connectivity index (χ2v) is 8.90. The quantitative estimate of drug-likeness (QED) is 0.561. The topological polar surface area (TPSA) is 45.7 Å². The van der Waals surface area contributed by atoms with Crippen molar-refractivity contribution in [2.75, 3.05) is 31.1 Å². The number of hydrogen-bond donors (Lipinski definition) is 0. The summed E-state index contributed by atoms with van der Waals surface area (Å²) in [4.78, 5) is 22.5. The maximum absolute atomic E-state index is 13.1. The number of ether oxygens (including phenoxy) is 1. The van der Waals surface area contributed by atoms with Gasteiger partial charge in [-0.2, -0.15) is 0 Å². The predicted molar refractivity (Wildman–Crippen MR) is 122 cm³/mol. The number of nitrogens with zero attached hydrogens (tertiary/aromatic N) is 3. The number of aryl methyl sites for hydroxylation is 2. The SMILES string of the molecule is Cc1ccc(OCc2nc(C)c(C(=O)N3CCN(c4cccc(Cl)c4)CC3)s2)cc1. The first-order valence-corrected chi connectivity index (χ1v) is 11.1. The zero-order valence-corrected chi connectivity index (χ0v) is 18.7. The molecule has 1 aliphatic heterocycles. The molecule has 3 aromatic rings. The zero-order chi connectivity index (χ0) is 21.1. The maximum Gasteiger partial charge on any atom is 0.265 e. The molecule has 0 radical (unpaired) electrons. The van der Waals surface area contributed by atoms with Gasteiger partial charge in [-0.15, -0.1) is 11.3 Å². The molecule has 1 aliphatic rings. The molecular weight excluding hydrogens is 418 g/mol. The van der Waals surface area contributed by atoms with Crippen molar-refractivity contribution < 1.29 is 9.53 Å². The van der Waals surface area contributed by atoms with E-state index in [-0.39, 0.29) is 5.91 Å². The van der Waals surface area contributed by atoms with Gasteiger partial charge in [0.1, 0.15) is 22.2 Å². The van der Waals surface area contributed by atoms with Gasteiger partial charge in [-0.05, 0) is 44.2 Å². The fourth-order valence-electron chi connectivity index (χ4n) is 3.48. The second-order valence-electron chi connectivity index (χ2n) is 7.38. The molecular formula is C23H24ClN3O2S. The van der Waals surface area contributed by atoms with Crippen molar-refractivity contribution in [3.05, 3.63) is 74.7 Å². The molecule has 5 nitrogen and oxygen atoms in total. The summed E-state index contributed by atoms with van der Waals surface area (Å²) >= 11 is 7.53. The number of benzene rings is 2. The van der Waals surface area contributed by atoms with Crippen LogP contribution < -0.4 is 9.64 Å². The molecule has 0 bridgehead atoms. The lowest BCUT2D eigenvalue weighted by atomic mass is 10.2. The van der Waals surface area contributed by atoms with Crippen LogP contribution in [0.5, 0.6) is 5.75 Å². The Morgan fingerprint density at radius 1 is 1.10 bits per heavy atom. The summed E-state index contributed by atoms with van der Waals surface area (Å²) in [5.74, 6) is 0.857. The molecule has 0 unspecified atom stereocenters. The van der Waals surface area contributed by atoms with E-state index in [1.165, 1.54) is 16.9 Å². The predicted octanol–water partition coefficient (Wildman–Crippen LogP) is 4.95. The van der Waals surface area contributed by atoms with E-state index in [2.05, 4.69) is 16.0 Å². The molecule has 2 heterocycles. The number of thiazole rings is 1. The average Bonchev–Trinajstić information content (AvgIpc) is 3.13. The molecule has 30 heavy (non-hydrogen) atoms. The van der Waals surface area contributed by atoms with Crippen LogP contribution in [0.4, 0.5) is 5.69 Å². The van der Waals surface area contributed by atoms with Crippen LogP contribution in [0.15, 0.2) is 48.5 Å². The Balaban J connectivity index is 1.36. The van der Waals surface area contributed by atoms with Gasteiger partial charge in [0.05, 0.1) is 5.69 Å². The van der Waals surface area contributed by atoms with Crippen LogP contribution in [0, 0.1) is 13.8 Å².